The summed E-state index contributed by atoms with van der Waals surface area (Å²) in [5.41, 5.74) is 1.26. The van der Waals surface area contributed by atoms with Crippen molar-refractivity contribution in [1.82, 2.24) is 10.3 Å². The van der Waals surface area contributed by atoms with Gasteiger partial charge in [-0.15, -0.1) is 0 Å². The SMILES string of the molecule is CCCOc1cncc(C(NCC)C(CCC)CCC)c1. The van der Waals surface area contributed by atoms with Crippen LogP contribution in [-0.4, -0.2) is 18.1 Å². The van der Waals surface area contributed by atoms with E-state index in [0.717, 1.165) is 25.3 Å². The van der Waals surface area contributed by atoms with Gasteiger partial charge < -0.3 is 10.1 Å². The molecular weight excluding hydrogens is 260 g/mol. The zero-order valence-corrected chi connectivity index (χ0v) is 14.2. The average Bonchev–Trinajstić information content (AvgIpc) is 2.51. The third-order valence-corrected chi connectivity index (χ3v) is 3.78. The van der Waals surface area contributed by atoms with Crippen LogP contribution >= 0.6 is 0 Å². The Morgan fingerprint density at radius 1 is 1.05 bits per heavy atom. The van der Waals surface area contributed by atoms with Gasteiger partial charge in [0.25, 0.3) is 0 Å². The van der Waals surface area contributed by atoms with E-state index in [1.54, 1.807) is 0 Å². The minimum atomic E-state index is 0.382. The molecule has 0 aliphatic heterocycles. The van der Waals surface area contributed by atoms with E-state index in [2.05, 4.69) is 44.1 Å². The highest BCUT2D eigenvalue weighted by Gasteiger charge is 2.21. The van der Waals surface area contributed by atoms with Gasteiger partial charge in [-0.3, -0.25) is 4.98 Å². The summed E-state index contributed by atoms with van der Waals surface area (Å²) in [6, 6.07) is 2.54. The van der Waals surface area contributed by atoms with Crippen LogP contribution in [0.15, 0.2) is 18.5 Å². The smallest absolute Gasteiger partial charge is 0.137 e. The average molecular weight is 292 g/mol. The zero-order chi connectivity index (χ0) is 15.5. The van der Waals surface area contributed by atoms with Crippen molar-refractivity contribution in [3.63, 3.8) is 0 Å². The van der Waals surface area contributed by atoms with Gasteiger partial charge in [0.15, 0.2) is 0 Å². The number of rotatable bonds is 11. The molecule has 0 spiro atoms. The second kappa shape index (κ2) is 10.6. The molecule has 3 heteroatoms. The Bertz CT molecular complexity index is 375. The molecule has 21 heavy (non-hydrogen) atoms. The van der Waals surface area contributed by atoms with Crippen molar-refractivity contribution in [2.24, 2.45) is 5.92 Å². The van der Waals surface area contributed by atoms with E-state index in [1.165, 1.54) is 31.2 Å². The van der Waals surface area contributed by atoms with Gasteiger partial charge in [0.2, 0.25) is 0 Å². The maximum Gasteiger partial charge on any atom is 0.137 e. The van der Waals surface area contributed by atoms with Gasteiger partial charge in [0.1, 0.15) is 5.75 Å². The maximum absolute atomic E-state index is 5.73. The molecule has 0 saturated heterocycles. The lowest BCUT2D eigenvalue weighted by Gasteiger charge is -2.28. The van der Waals surface area contributed by atoms with Crippen molar-refractivity contribution < 1.29 is 4.74 Å². The summed E-state index contributed by atoms with van der Waals surface area (Å²) >= 11 is 0. The van der Waals surface area contributed by atoms with Crippen molar-refractivity contribution in [3.05, 3.63) is 24.0 Å². The second-order valence-electron chi connectivity index (χ2n) is 5.68. The third-order valence-electron chi connectivity index (χ3n) is 3.78. The van der Waals surface area contributed by atoms with Gasteiger partial charge in [-0.1, -0.05) is 40.5 Å². The number of hydrogen-bond acceptors (Lipinski definition) is 3. The van der Waals surface area contributed by atoms with E-state index >= 15 is 0 Å². The molecule has 0 aliphatic carbocycles. The summed E-state index contributed by atoms with van der Waals surface area (Å²) in [6.45, 7) is 10.6. The second-order valence-corrected chi connectivity index (χ2v) is 5.68. The maximum atomic E-state index is 5.73. The molecule has 1 atom stereocenters. The molecule has 0 aromatic carbocycles. The minimum absolute atomic E-state index is 0.382. The lowest BCUT2D eigenvalue weighted by atomic mass is 9.86. The largest absolute Gasteiger partial charge is 0.492 e. The van der Waals surface area contributed by atoms with Crippen LogP contribution in [0.5, 0.6) is 5.75 Å². The Labute approximate surface area is 130 Å². The first-order valence-corrected chi connectivity index (χ1v) is 8.57. The van der Waals surface area contributed by atoms with Crippen molar-refractivity contribution >= 4 is 0 Å². The molecule has 3 nitrogen and oxygen atoms in total. The number of nitrogens with zero attached hydrogens (tertiary/aromatic N) is 1. The topological polar surface area (TPSA) is 34.1 Å². The number of pyridine rings is 1. The summed E-state index contributed by atoms with van der Waals surface area (Å²) in [6.07, 6.45) is 9.80. The molecule has 1 aromatic heterocycles. The fourth-order valence-corrected chi connectivity index (χ4v) is 2.90. The van der Waals surface area contributed by atoms with Crippen LogP contribution in [0, 0.1) is 5.92 Å². The van der Waals surface area contributed by atoms with E-state index in [4.69, 9.17) is 4.74 Å². The minimum Gasteiger partial charge on any atom is -0.492 e. The monoisotopic (exact) mass is 292 g/mol. The van der Waals surface area contributed by atoms with Crippen molar-refractivity contribution in [2.75, 3.05) is 13.2 Å². The Morgan fingerprint density at radius 2 is 1.76 bits per heavy atom. The lowest BCUT2D eigenvalue weighted by molar-refractivity contribution is 0.306. The Kier molecular flexibility index (Phi) is 9.07. The van der Waals surface area contributed by atoms with Crippen molar-refractivity contribution in [3.8, 4) is 5.75 Å². The molecule has 1 N–H and O–H groups in total. The number of aromatic nitrogens is 1. The van der Waals surface area contributed by atoms with E-state index < -0.39 is 0 Å². The Morgan fingerprint density at radius 3 is 2.33 bits per heavy atom. The lowest BCUT2D eigenvalue weighted by Crippen LogP contribution is -2.28. The van der Waals surface area contributed by atoms with Crippen LogP contribution in [0.4, 0.5) is 0 Å². The highest BCUT2D eigenvalue weighted by atomic mass is 16.5. The summed E-state index contributed by atoms with van der Waals surface area (Å²) < 4.78 is 5.73. The van der Waals surface area contributed by atoms with E-state index in [0.29, 0.717) is 12.0 Å². The van der Waals surface area contributed by atoms with Crippen LogP contribution in [0.1, 0.15) is 71.4 Å². The fraction of sp³-hybridized carbons (Fsp3) is 0.722. The highest BCUT2D eigenvalue weighted by Crippen LogP contribution is 2.30. The van der Waals surface area contributed by atoms with E-state index in [9.17, 15) is 0 Å². The van der Waals surface area contributed by atoms with Crippen LogP contribution < -0.4 is 10.1 Å². The van der Waals surface area contributed by atoms with Crippen LogP contribution in [0.25, 0.3) is 0 Å². The summed E-state index contributed by atoms with van der Waals surface area (Å²) in [7, 11) is 0. The quantitative estimate of drug-likeness (QED) is 0.640. The van der Waals surface area contributed by atoms with Crippen LogP contribution in [-0.2, 0) is 0 Å². The molecule has 0 aliphatic rings. The normalized spacial score (nSPS) is 12.6. The van der Waals surface area contributed by atoms with Crippen molar-refractivity contribution in [2.45, 2.75) is 65.8 Å². The molecule has 1 heterocycles. The summed E-state index contributed by atoms with van der Waals surface area (Å²) in [4.78, 5) is 4.38. The molecule has 0 saturated carbocycles. The third kappa shape index (κ3) is 6.04. The zero-order valence-electron chi connectivity index (χ0n) is 14.2. The number of nitrogens with one attached hydrogen (secondary N) is 1. The summed E-state index contributed by atoms with van der Waals surface area (Å²) in [5.74, 6) is 1.56. The molecule has 1 unspecified atom stereocenters. The van der Waals surface area contributed by atoms with Gasteiger partial charge in [0.05, 0.1) is 12.8 Å². The molecule has 0 bridgehead atoms. The Balaban J connectivity index is 2.91. The first kappa shape index (κ1) is 18.0. The molecule has 0 fully saturated rings. The summed E-state index contributed by atoms with van der Waals surface area (Å²) in [5, 5.41) is 3.66. The van der Waals surface area contributed by atoms with Crippen molar-refractivity contribution in [1.29, 1.82) is 0 Å². The Hall–Kier alpha value is -1.09. The first-order valence-electron chi connectivity index (χ1n) is 8.57. The van der Waals surface area contributed by atoms with Gasteiger partial charge in [-0.05, 0) is 43.4 Å². The van der Waals surface area contributed by atoms with Crippen LogP contribution in [0.2, 0.25) is 0 Å². The number of hydrogen-bond donors (Lipinski definition) is 1. The molecule has 120 valence electrons. The standard InChI is InChI=1S/C18H32N2O/c1-5-9-15(10-6-2)18(20-8-4)16-12-17(14-19-13-16)21-11-7-3/h12-15,18,20H,5-11H2,1-4H3. The predicted molar refractivity (Wildman–Crippen MR) is 89.7 cm³/mol. The molecule has 1 aromatic rings. The van der Waals surface area contributed by atoms with Gasteiger partial charge in [0, 0.05) is 12.2 Å². The predicted octanol–water partition coefficient (Wildman–Crippen LogP) is 4.74. The van der Waals surface area contributed by atoms with E-state index in [1.807, 2.05) is 12.4 Å². The van der Waals surface area contributed by atoms with Gasteiger partial charge >= 0.3 is 0 Å². The van der Waals surface area contributed by atoms with Crippen LogP contribution in [0.3, 0.4) is 0 Å². The van der Waals surface area contributed by atoms with E-state index in [-0.39, 0.29) is 0 Å². The molecule has 0 radical (unpaired) electrons. The number of ether oxygens (including phenoxy) is 1. The molecule has 1 rings (SSSR count). The first-order chi connectivity index (χ1) is 10.3. The van der Waals surface area contributed by atoms with Gasteiger partial charge in [-0.2, -0.15) is 0 Å². The molecular formula is C18H32N2O. The molecule has 0 amide bonds. The highest BCUT2D eigenvalue weighted by molar-refractivity contribution is 5.26. The fourth-order valence-electron chi connectivity index (χ4n) is 2.90. The van der Waals surface area contributed by atoms with Gasteiger partial charge in [-0.25, -0.2) is 0 Å².